The molecule has 4 rings (SSSR count). The minimum atomic E-state index is -4.72. The first-order chi connectivity index (χ1) is 14.7. The lowest BCUT2D eigenvalue weighted by Gasteiger charge is -2.27. The van der Waals surface area contributed by atoms with E-state index in [-0.39, 0.29) is 29.3 Å². The Bertz CT molecular complexity index is 1230. The van der Waals surface area contributed by atoms with E-state index in [4.69, 9.17) is 4.74 Å². The van der Waals surface area contributed by atoms with Crippen molar-refractivity contribution >= 4 is 32.4 Å². The molecule has 0 spiro atoms. The molecule has 2 aromatic carbocycles. The van der Waals surface area contributed by atoms with Gasteiger partial charge in [-0.25, -0.2) is 18.4 Å². The highest BCUT2D eigenvalue weighted by molar-refractivity contribution is 7.89. The summed E-state index contributed by atoms with van der Waals surface area (Å²) in [5, 5.41) is 3.23. The lowest BCUT2D eigenvalue weighted by atomic mass is 10.2. The molecule has 0 radical (unpaired) electrons. The molecular weight excluding hydrogens is 433 g/mol. The summed E-state index contributed by atoms with van der Waals surface area (Å²) < 4.78 is 72.5. The maximum absolute atomic E-state index is 13.3. The van der Waals surface area contributed by atoms with Gasteiger partial charge in [0.2, 0.25) is 15.8 Å². The fourth-order valence-electron chi connectivity index (χ4n) is 3.32. The summed E-state index contributed by atoms with van der Waals surface area (Å²) in [6.07, 6.45) is -4.72. The smallest absolute Gasteiger partial charge is 0.379 e. The van der Waals surface area contributed by atoms with Gasteiger partial charge in [-0.2, -0.15) is 17.5 Å². The second-order valence-electron chi connectivity index (χ2n) is 7.03. The predicted molar refractivity (Wildman–Crippen MR) is 109 cm³/mol. The monoisotopic (exact) mass is 452 g/mol. The fourth-order valence-corrected chi connectivity index (χ4v) is 4.98. The molecule has 0 saturated carbocycles. The molecule has 0 amide bonds. The second kappa shape index (κ2) is 8.06. The number of para-hydroxylation sites is 1. The summed E-state index contributed by atoms with van der Waals surface area (Å²) in [6.45, 7) is 2.77. The standard InChI is InChI=1S/C20H19F3N4O3S/c1-13-6-7-14(12-17(13)31(28,29)27-8-10-30-11-9-27)24-18-15-4-2-3-5-16(15)25-19(26-18)20(21,22)23/h2-7,12H,8-11H2,1H3,(H,24,25,26). The number of aryl methyl sites for hydroxylation is 1. The molecule has 0 bridgehead atoms. The Kier molecular flexibility index (Phi) is 5.58. The largest absolute Gasteiger partial charge is 0.451 e. The minimum absolute atomic E-state index is 0.0588. The Hall–Kier alpha value is -2.76. The van der Waals surface area contributed by atoms with Crippen LogP contribution in [0.4, 0.5) is 24.7 Å². The number of hydrogen-bond donors (Lipinski definition) is 1. The molecule has 0 aliphatic carbocycles. The summed E-state index contributed by atoms with van der Waals surface area (Å²) in [7, 11) is -3.78. The van der Waals surface area contributed by atoms with Gasteiger partial charge in [0, 0.05) is 24.2 Å². The van der Waals surface area contributed by atoms with Gasteiger partial charge in [0.25, 0.3) is 0 Å². The number of hydrogen-bond acceptors (Lipinski definition) is 6. The molecule has 0 atom stereocenters. The number of anilines is 2. The number of morpholine rings is 1. The number of fused-ring (bicyclic) bond motifs is 1. The van der Waals surface area contributed by atoms with Crippen molar-refractivity contribution in [1.82, 2.24) is 14.3 Å². The Labute approximate surface area is 176 Å². The first-order valence-electron chi connectivity index (χ1n) is 9.46. The van der Waals surface area contributed by atoms with E-state index in [0.717, 1.165) is 0 Å². The summed E-state index contributed by atoms with van der Waals surface area (Å²) in [6, 6.07) is 10.9. The van der Waals surface area contributed by atoms with Gasteiger partial charge < -0.3 is 10.1 Å². The Morgan fingerprint density at radius 2 is 1.77 bits per heavy atom. The highest BCUT2D eigenvalue weighted by Crippen LogP contribution is 2.32. The second-order valence-corrected chi connectivity index (χ2v) is 8.94. The Morgan fingerprint density at radius 3 is 2.48 bits per heavy atom. The average molecular weight is 452 g/mol. The number of nitrogens with zero attached hydrogens (tertiary/aromatic N) is 3. The van der Waals surface area contributed by atoms with E-state index in [2.05, 4.69) is 15.3 Å². The number of aromatic nitrogens is 2. The van der Waals surface area contributed by atoms with E-state index >= 15 is 0 Å². The SMILES string of the molecule is Cc1ccc(Nc2nc(C(F)(F)F)nc3ccccc23)cc1S(=O)(=O)N1CCOCC1. The van der Waals surface area contributed by atoms with Crippen LogP contribution in [-0.2, 0) is 20.9 Å². The third-order valence-corrected chi connectivity index (χ3v) is 6.94. The maximum atomic E-state index is 13.3. The lowest BCUT2D eigenvalue weighted by Crippen LogP contribution is -2.40. The summed E-state index contributed by atoms with van der Waals surface area (Å²) in [4.78, 5) is 7.32. The van der Waals surface area contributed by atoms with Gasteiger partial charge in [-0.15, -0.1) is 0 Å². The number of nitrogens with one attached hydrogen (secondary N) is 1. The van der Waals surface area contributed by atoms with E-state index < -0.39 is 22.0 Å². The van der Waals surface area contributed by atoms with E-state index in [1.54, 1.807) is 37.3 Å². The average Bonchev–Trinajstić information content (AvgIpc) is 2.75. The fraction of sp³-hybridized carbons (Fsp3) is 0.300. The number of rotatable bonds is 4. The van der Waals surface area contributed by atoms with Gasteiger partial charge in [-0.05, 0) is 36.8 Å². The van der Waals surface area contributed by atoms with Crippen molar-refractivity contribution in [1.29, 1.82) is 0 Å². The molecular formula is C20H19F3N4O3S. The first-order valence-corrected chi connectivity index (χ1v) is 10.9. The van der Waals surface area contributed by atoms with Crippen LogP contribution in [0.5, 0.6) is 0 Å². The van der Waals surface area contributed by atoms with Crippen LogP contribution in [0, 0.1) is 6.92 Å². The summed E-state index contributed by atoms with van der Waals surface area (Å²) in [5.74, 6) is -1.33. The van der Waals surface area contributed by atoms with Crippen molar-refractivity contribution in [2.75, 3.05) is 31.6 Å². The van der Waals surface area contributed by atoms with Gasteiger partial charge >= 0.3 is 6.18 Å². The van der Waals surface area contributed by atoms with E-state index in [1.807, 2.05) is 0 Å². The van der Waals surface area contributed by atoms with Crippen LogP contribution in [0.2, 0.25) is 0 Å². The maximum Gasteiger partial charge on any atom is 0.451 e. The zero-order valence-electron chi connectivity index (χ0n) is 16.5. The van der Waals surface area contributed by atoms with Crippen LogP contribution in [-0.4, -0.2) is 49.0 Å². The van der Waals surface area contributed by atoms with Crippen LogP contribution in [0.3, 0.4) is 0 Å². The van der Waals surface area contributed by atoms with Crippen LogP contribution in [0.15, 0.2) is 47.4 Å². The van der Waals surface area contributed by atoms with Crippen molar-refractivity contribution in [3.63, 3.8) is 0 Å². The van der Waals surface area contributed by atoms with Gasteiger partial charge in [0.15, 0.2) is 0 Å². The lowest BCUT2D eigenvalue weighted by molar-refractivity contribution is -0.144. The molecule has 1 fully saturated rings. The zero-order valence-corrected chi connectivity index (χ0v) is 17.3. The van der Waals surface area contributed by atoms with E-state index in [9.17, 15) is 21.6 Å². The molecule has 164 valence electrons. The van der Waals surface area contributed by atoms with Crippen molar-refractivity contribution in [3.8, 4) is 0 Å². The highest BCUT2D eigenvalue weighted by atomic mass is 32.2. The Balaban J connectivity index is 1.76. The molecule has 0 unspecified atom stereocenters. The van der Waals surface area contributed by atoms with Gasteiger partial charge in [-0.1, -0.05) is 18.2 Å². The summed E-state index contributed by atoms with van der Waals surface area (Å²) in [5.41, 5.74) is 0.954. The minimum Gasteiger partial charge on any atom is -0.379 e. The molecule has 11 heteroatoms. The third kappa shape index (κ3) is 4.34. The van der Waals surface area contributed by atoms with Crippen molar-refractivity contribution in [3.05, 3.63) is 53.9 Å². The predicted octanol–water partition coefficient (Wildman–Crippen LogP) is 3.72. The number of ether oxygens (including phenoxy) is 1. The molecule has 1 saturated heterocycles. The van der Waals surface area contributed by atoms with Crippen molar-refractivity contribution < 1.29 is 26.3 Å². The molecule has 1 aliphatic rings. The molecule has 7 nitrogen and oxygen atoms in total. The normalized spacial score (nSPS) is 15.9. The van der Waals surface area contributed by atoms with Gasteiger partial charge in [0.05, 0.1) is 23.6 Å². The van der Waals surface area contributed by atoms with E-state index in [0.29, 0.717) is 29.9 Å². The van der Waals surface area contributed by atoms with Crippen LogP contribution >= 0.6 is 0 Å². The number of alkyl halides is 3. The molecule has 2 heterocycles. The van der Waals surface area contributed by atoms with E-state index in [1.165, 1.54) is 16.4 Å². The van der Waals surface area contributed by atoms with Crippen molar-refractivity contribution in [2.45, 2.75) is 18.0 Å². The van der Waals surface area contributed by atoms with Gasteiger partial charge in [-0.3, -0.25) is 0 Å². The number of benzene rings is 2. The zero-order chi connectivity index (χ0) is 22.2. The molecule has 1 aliphatic heterocycles. The summed E-state index contributed by atoms with van der Waals surface area (Å²) >= 11 is 0. The van der Waals surface area contributed by atoms with Gasteiger partial charge in [0.1, 0.15) is 5.82 Å². The third-order valence-electron chi connectivity index (χ3n) is 4.90. The molecule has 31 heavy (non-hydrogen) atoms. The van der Waals surface area contributed by atoms with Crippen LogP contribution in [0.1, 0.15) is 11.4 Å². The van der Waals surface area contributed by atoms with Crippen LogP contribution in [0.25, 0.3) is 10.9 Å². The first kappa shape index (κ1) is 21.5. The van der Waals surface area contributed by atoms with Crippen LogP contribution < -0.4 is 5.32 Å². The molecule has 1 N–H and O–H groups in total. The Morgan fingerprint density at radius 1 is 1.06 bits per heavy atom. The molecule has 1 aromatic heterocycles. The van der Waals surface area contributed by atoms with Crippen molar-refractivity contribution in [2.24, 2.45) is 0 Å². The molecule has 3 aromatic rings. The number of sulfonamides is 1. The number of halogens is 3. The quantitative estimate of drug-likeness (QED) is 0.650. The highest BCUT2D eigenvalue weighted by Gasteiger charge is 2.35. The topological polar surface area (TPSA) is 84.4 Å².